The number of anilines is 1. The maximum Gasteiger partial charge on any atom is 0.291 e. The quantitative estimate of drug-likeness (QED) is 0.419. The largest absolute Gasteiger partial charge is 0.493 e. The fourth-order valence-electron chi connectivity index (χ4n) is 3.28. The normalized spacial score (nSPS) is 11.0. The van der Waals surface area contributed by atoms with Crippen molar-refractivity contribution in [1.82, 2.24) is 10.1 Å². The first-order valence-electron chi connectivity index (χ1n) is 9.53. The molecule has 31 heavy (non-hydrogen) atoms. The van der Waals surface area contributed by atoms with E-state index in [1.54, 1.807) is 43.7 Å². The molecule has 3 aromatic heterocycles. The van der Waals surface area contributed by atoms with Gasteiger partial charge in [0.1, 0.15) is 0 Å². The van der Waals surface area contributed by atoms with Crippen LogP contribution in [0, 0.1) is 0 Å². The molecule has 8 nitrogen and oxygen atoms in total. The lowest BCUT2D eigenvalue weighted by atomic mass is 10.1. The Morgan fingerprint density at radius 2 is 2.00 bits per heavy atom. The van der Waals surface area contributed by atoms with E-state index in [1.165, 1.54) is 0 Å². The molecular formula is C23H17N3O5. The molecule has 0 saturated carbocycles. The Morgan fingerprint density at radius 3 is 2.84 bits per heavy atom. The zero-order chi connectivity index (χ0) is 21.2. The van der Waals surface area contributed by atoms with Crippen molar-refractivity contribution in [2.75, 3.05) is 12.4 Å². The van der Waals surface area contributed by atoms with Crippen LogP contribution in [0.4, 0.5) is 5.69 Å². The number of ether oxygens (including phenoxy) is 1. The molecule has 5 aromatic rings. The van der Waals surface area contributed by atoms with Crippen LogP contribution in [-0.4, -0.2) is 23.2 Å². The Balaban J connectivity index is 1.38. The average molecular weight is 415 g/mol. The third-order valence-corrected chi connectivity index (χ3v) is 4.77. The van der Waals surface area contributed by atoms with Crippen LogP contribution in [0.1, 0.15) is 22.0 Å². The Bertz CT molecular complexity index is 1350. The maximum atomic E-state index is 12.8. The number of nitrogens with one attached hydrogen (secondary N) is 1. The molecule has 5 rings (SSSR count). The molecule has 0 aliphatic carbocycles. The minimum atomic E-state index is -0.368. The Labute approximate surface area is 176 Å². The molecule has 0 unspecified atom stereocenters. The third-order valence-electron chi connectivity index (χ3n) is 4.77. The van der Waals surface area contributed by atoms with Crippen molar-refractivity contribution < 1.29 is 22.9 Å². The maximum absolute atomic E-state index is 12.8. The van der Waals surface area contributed by atoms with Gasteiger partial charge in [0.25, 0.3) is 5.91 Å². The molecule has 8 heteroatoms. The van der Waals surface area contributed by atoms with Crippen LogP contribution in [0.25, 0.3) is 22.6 Å². The Morgan fingerprint density at radius 1 is 1.10 bits per heavy atom. The zero-order valence-electron chi connectivity index (χ0n) is 16.5. The van der Waals surface area contributed by atoms with Gasteiger partial charge < -0.3 is 23.4 Å². The van der Waals surface area contributed by atoms with Crippen molar-refractivity contribution in [3.8, 4) is 17.3 Å². The van der Waals surface area contributed by atoms with Crippen molar-refractivity contribution in [1.29, 1.82) is 0 Å². The lowest BCUT2D eigenvalue weighted by Crippen LogP contribution is -2.12. The van der Waals surface area contributed by atoms with E-state index < -0.39 is 0 Å². The van der Waals surface area contributed by atoms with E-state index in [2.05, 4.69) is 15.5 Å². The molecule has 3 heterocycles. The smallest absolute Gasteiger partial charge is 0.291 e. The summed E-state index contributed by atoms with van der Waals surface area (Å²) in [6.45, 7) is 0. The molecule has 0 bridgehead atoms. The number of carbonyl (C=O) groups is 1. The predicted octanol–water partition coefficient (Wildman–Crippen LogP) is 4.93. The van der Waals surface area contributed by atoms with Gasteiger partial charge in [0.15, 0.2) is 22.9 Å². The fraction of sp³-hybridized carbons (Fsp3) is 0.0870. The standard InChI is InChI=1S/C23H17N3O5/c1-28-17-9-4-7-15-12-19(30-21(15)17)23(27)24-16-8-3-2-6-14(16)13-20-25-22(26-31-20)18-10-5-11-29-18/h2-12H,13H2,1H3,(H,24,27). The molecule has 2 aromatic carbocycles. The molecule has 0 fully saturated rings. The minimum Gasteiger partial charge on any atom is -0.493 e. The lowest BCUT2D eigenvalue weighted by molar-refractivity contribution is 0.0998. The second kappa shape index (κ2) is 7.83. The van der Waals surface area contributed by atoms with Gasteiger partial charge in [-0.3, -0.25) is 4.79 Å². The molecule has 154 valence electrons. The number of fused-ring (bicyclic) bond motifs is 1. The highest BCUT2D eigenvalue weighted by Gasteiger charge is 2.18. The number of carbonyl (C=O) groups excluding carboxylic acids is 1. The van der Waals surface area contributed by atoms with E-state index >= 15 is 0 Å². The fourth-order valence-corrected chi connectivity index (χ4v) is 3.28. The molecule has 0 aliphatic rings. The second-order valence-corrected chi connectivity index (χ2v) is 6.77. The molecular weight excluding hydrogens is 398 g/mol. The summed E-state index contributed by atoms with van der Waals surface area (Å²) >= 11 is 0. The van der Waals surface area contributed by atoms with Crippen LogP contribution in [0.15, 0.2) is 80.3 Å². The van der Waals surface area contributed by atoms with Crippen LogP contribution < -0.4 is 10.1 Å². The number of aromatic nitrogens is 2. The van der Waals surface area contributed by atoms with Crippen molar-refractivity contribution in [2.24, 2.45) is 0 Å². The third kappa shape index (κ3) is 3.66. The van der Waals surface area contributed by atoms with E-state index in [9.17, 15) is 4.79 Å². The summed E-state index contributed by atoms with van der Waals surface area (Å²) in [4.78, 5) is 17.2. The van der Waals surface area contributed by atoms with Crippen LogP contribution in [0.2, 0.25) is 0 Å². The minimum absolute atomic E-state index is 0.187. The monoisotopic (exact) mass is 415 g/mol. The van der Waals surface area contributed by atoms with Gasteiger partial charge in [-0.2, -0.15) is 4.98 Å². The molecule has 1 amide bonds. The van der Waals surface area contributed by atoms with Gasteiger partial charge >= 0.3 is 0 Å². The van der Waals surface area contributed by atoms with Crippen LogP contribution in [0.5, 0.6) is 5.75 Å². The number of amides is 1. The number of hydrogen-bond acceptors (Lipinski definition) is 7. The summed E-state index contributed by atoms with van der Waals surface area (Å²) < 4.78 is 21.7. The van der Waals surface area contributed by atoms with Crippen LogP contribution in [0.3, 0.4) is 0 Å². The van der Waals surface area contributed by atoms with Crippen LogP contribution in [-0.2, 0) is 6.42 Å². The number of nitrogens with zero attached hydrogens (tertiary/aromatic N) is 2. The summed E-state index contributed by atoms with van der Waals surface area (Å²) in [5.41, 5.74) is 1.97. The molecule has 0 saturated heterocycles. The number of hydrogen-bond donors (Lipinski definition) is 1. The van der Waals surface area contributed by atoms with Crippen molar-refractivity contribution >= 4 is 22.6 Å². The van der Waals surface area contributed by atoms with Gasteiger partial charge in [0, 0.05) is 11.1 Å². The first kappa shape index (κ1) is 18.7. The summed E-state index contributed by atoms with van der Waals surface area (Å²) in [7, 11) is 1.56. The highest BCUT2D eigenvalue weighted by molar-refractivity contribution is 6.05. The van der Waals surface area contributed by atoms with Gasteiger partial charge in [0.05, 0.1) is 19.8 Å². The topological polar surface area (TPSA) is 104 Å². The molecule has 1 N–H and O–H groups in total. The number of furan rings is 2. The van der Waals surface area contributed by atoms with Gasteiger partial charge in [-0.15, -0.1) is 0 Å². The number of methoxy groups -OCH3 is 1. The summed E-state index contributed by atoms with van der Waals surface area (Å²) in [6, 6.07) is 18.1. The van der Waals surface area contributed by atoms with E-state index in [1.807, 2.05) is 30.3 Å². The average Bonchev–Trinajstić information content (AvgIpc) is 3.54. The van der Waals surface area contributed by atoms with E-state index in [0.29, 0.717) is 40.9 Å². The van der Waals surface area contributed by atoms with E-state index in [4.69, 9.17) is 18.1 Å². The van der Waals surface area contributed by atoms with Crippen molar-refractivity contribution in [3.05, 3.63) is 84.1 Å². The number of rotatable bonds is 6. The predicted molar refractivity (Wildman–Crippen MR) is 112 cm³/mol. The highest BCUT2D eigenvalue weighted by Crippen LogP contribution is 2.29. The Kier molecular flexibility index (Phi) is 4.72. The van der Waals surface area contributed by atoms with Crippen molar-refractivity contribution in [3.63, 3.8) is 0 Å². The summed E-state index contributed by atoms with van der Waals surface area (Å²) in [5, 5.41) is 7.62. The summed E-state index contributed by atoms with van der Waals surface area (Å²) in [5.74, 6) is 1.69. The SMILES string of the molecule is COc1cccc2cc(C(=O)Nc3ccccc3Cc3nc(-c4ccco4)no3)oc12. The molecule has 0 atom stereocenters. The first-order valence-corrected chi connectivity index (χ1v) is 9.53. The van der Waals surface area contributed by atoms with E-state index in [-0.39, 0.29) is 11.7 Å². The number of para-hydroxylation sites is 2. The molecule has 0 aliphatic heterocycles. The van der Waals surface area contributed by atoms with Gasteiger partial charge in [-0.25, -0.2) is 0 Å². The summed E-state index contributed by atoms with van der Waals surface area (Å²) in [6.07, 6.45) is 1.89. The van der Waals surface area contributed by atoms with Gasteiger partial charge in [-0.05, 0) is 35.9 Å². The lowest BCUT2D eigenvalue weighted by Gasteiger charge is -2.08. The molecule has 0 radical (unpaired) electrons. The zero-order valence-corrected chi connectivity index (χ0v) is 16.5. The highest BCUT2D eigenvalue weighted by atomic mass is 16.5. The van der Waals surface area contributed by atoms with Crippen molar-refractivity contribution in [2.45, 2.75) is 6.42 Å². The van der Waals surface area contributed by atoms with Gasteiger partial charge in [-0.1, -0.05) is 35.5 Å². The molecule has 0 spiro atoms. The Hall–Kier alpha value is -4.33. The number of benzene rings is 2. The van der Waals surface area contributed by atoms with Crippen LogP contribution >= 0.6 is 0 Å². The van der Waals surface area contributed by atoms with Gasteiger partial charge in [0.2, 0.25) is 11.7 Å². The first-order chi connectivity index (χ1) is 15.2. The second-order valence-electron chi connectivity index (χ2n) is 6.77. The van der Waals surface area contributed by atoms with E-state index in [0.717, 1.165) is 10.9 Å².